The summed E-state index contributed by atoms with van der Waals surface area (Å²) in [6, 6.07) is 10.6. The van der Waals surface area contributed by atoms with Crippen LogP contribution in [0.15, 0.2) is 36.4 Å². The van der Waals surface area contributed by atoms with E-state index in [-0.39, 0.29) is 36.5 Å². The number of carbonyl (C=O) groups is 3. The average molecular weight is 480 g/mol. The van der Waals surface area contributed by atoms with Crippen molar-refractivity contribution in [2.24, 2.45) is 0 Å². The van der Waals surface area contributed by atoms with Gasteiger partial charge in [0.05, 0.1) is 7.11 Å². The third kappa shape index (κ3) is 4.80. The molecule has 184 valence electrons. The zero-order chi connectivity index (χ0) is 24.5. The summed E-state index contributed by atoms with van der Waals surface area (Å²) in [6.07, 6.45) is 3.19. The molecule has 0 spiro atoms. The number of hydrogen-bond acceptors (Lipinski definition) is 5. The molecule has 2 aromatic rings. The molecule has 2 fully saturated rings. The summed E-state index contributed by atoms with van der Waals surface area (Å²) in [5, 5.41) is 2.30. The van der Waals surface area contributed by atoms with Gasteiger partial charge in [-0.2, -0.15) is 0 Å². The van der Waals surface area contributed by atoms with Gasteiger partial charge in [0.15, 0.2) is 0 Å². The van der Waals surface area contributed by atoms with Crippen LogP contribution in [-0.2, 0) is 22.6 Å². The van der Waals surface area contributed by atoms with Crippen molar-refractivity contribution in [1.82, 2.24) is 15.1 Å². The molecule has 0 radical (unpaired) electrons. The Kier molecular flexibility index (Phi) is 6.56. The first kappa shape index (κ1) is 23.5. The van der Waals surface area contributed by atoms with Crippen LogP contribution in [-0.4, -0.2) is 60.3 Å². The first-order valence-electron chi connectivity index (χ1n) is 12.2. The molecule has 35 heavy (non-hydrogen) atoms. The highest BCUT2D eigenvalue weighted by Gasteiger charge is 2.40. The maximum atomic E-state index is 15.1. The topological polar surface area (TPSA) is 79.0 Å². The lowest BCUT2D eigenvalue weighted by atomic mass is 9.87. The monoisotopic (exact) mass is 479 g/mol. The zero-order valence-corrected chi connectivity index (χ0v) is 19.9. The number of piperidine rings is 2. The highest BCUT2D eigenvalue weighted by Crippen LogP contribution is 2.35. The zero-order valence-electron chi connectivity index (χ0n) is 19.9. The molecule has 3 aliphatic rings. The molecule has 3 heterocycles. The molecule has 0 bridgehead atoms. The van der Waals surface area contributed by atoms with Crippen LogP contribution in [0.5, 0.6) is 5.75 Å². The maximum Gasteiger partial charge on any atom is 0.255 e. The fourth-order valence-electron chi connectivity index (χ4n) is 5.47. The second-order valence-corrected chi connectivity index (χ2v) is 9.64. The van der Waals surface area contributed by atoms with E-state index in [0.29, 0.717) is 17.5 Å². The van der Waals surface area contributed by atoms with Crippen LogP contribution >= 0.6 is 0 Å². The number of halogens is 1. The molecule has 0 aromatic heterocycles. The maximum absolute atomic E-state index is 15.1. The van der Waals surface area contributed by atoms with E-state index in [1.54, 1.807) is 7.11 Å². The minimum absolute atomic E-state index is 0.109. The van der Waals surface area contributed by atoms with E-state index in [0.717, 1.165) is 50.2 Å². The molecule has 1 unspecified atom stereocenters. The number of benzene rings is 2. The first-order valence-corrected chi connectivity index (χ1v) is 12.2. The molecule has 1 N–H and O–H groups in total. The van der Waals surface area contributed by atoms with Gasteiger partial charge >= 0.3 is 0 Å². The molecule has 8 heteroatoms. The normalized spacial score (nSPS) is 21.3. The number of amides is 3. The summed E-state index contributed by atoms with van der Waals surface area (Å²) < 4.78 is 20.3. The summed E-state index contributed by atoms with van der Waals surface area (Å²) in [4.78, 5) is 40.5. The molecule has 5 rings (SSSR count). The number of hydrogen-bond donors (Lipinski definition) is 1. The van der Waals surface area contributed by atoms with Crippen molar-refractivity contribution in [3.8, 4) is 5.75 Å². The fourth-order valence-corrected chi connectivity index (χ4v) is 5.47. The van der Waals surface area contributed by atoms with Gasteiger partial charge in [0, 0.05) is 25.1 Å². The van der Waals surface area contributed by atoms with E-state index in [1.165, 1.54) is 16.5 Å². The predicted octanol–water partition coefficient (Wildman–Crippen LogP) is 3.02. The number of nitrogens with one attached hydrogen (secondary N) is 1. The van der Waals surface area contributed by atoms with Crippen LogP contribution in [0.3, 0.4) is 0 Å². The minimum Gasteiger partial charge on any atom is -0.497 e. The number of rotatable bonds is 6. The van der Waals surface area contributed by atoms with Gasteiger partial charge < -0.3 is 14.5 Å². The molecule has 7 nitrogen and oxygen atoms in total. The third-order valence-electron chi connectivity index (χ3n) is 7.54. The Morgan fingerprint density at radius 3 is 2.49 bits per heavy atom. The van der Waals surface area contributed by atoms with Gasteiger partial charge in [-0.25, -0.2) is 4.39 Å². The number of fused-ring (bicyclic) bond motifs is 1. The Morgan fingerprint density at radius 1 is 1.06 bits per heavy atom. The lowest BCUT2D eigenvalue weighted by Crippen LogP contribution is -2.52. The van der Waals surface area contributed by atoms with E-state index in [2.05, 4.69) is 22.3 Å². The van der Waals surface area contributed by atoms with Gasteiger partial charge in [0.1, 0.15) is 17.6 Å². The van der Waals surface area contributed by atoms with Crippen LogP contribution in [0.25, 0.3) is 0 Å². The minimum atomic E-state index is -0.687. The lowest BCUT2D eigenvalue weighted by molar-refractivity contribution is -0.136. The molecule has 2 aromatic carbocycles. The molecule has 3 aliphatic heterocycles. The van der Waals surface area contributed by atoms with E-state index in [9.17, 15) is 14.4 Å². The van der Waals surface area contributed by atoms with Crippen molar-refractivity contribution >= 4 is 17.7 Å². The first-order chi connectivity index (χ1) is 16.9. The number of methoxy groups -OCH3 is 1. The van der Waals surface area contributed by atoms with Crippen LogP contribution in [0.1, 0.15) is 58.6 Å². The van der Waals surface area contributed by atoms with E-state index >= 15 is 4.39 Å². The van der Waals surface area contributed by atoms with Gasteiger partial charge in [-0.05, 0) is 79.6 Å². The lowest BCUT2D eigenvalue weighted by Gasteiger charge is -2.32. The van der Waals surface area contributed by atoms with Gasteiger partial charge in [-0.15, -0.1) is 0 Å². The summed E-state index contributed by atoms with van der Waals surface area (Å²) >= 11 is 0. The molecule has 3 amide bonds. The largest absolute Gasteiger partial charge is 0.497 e. The predicted molar refractivity (Wildman–Crippen MR) is 128 cm³/mol. The molecule has 1 atom stereocenters. The Hall–Kier alpha value is -3.26. The number of imide groups is 1. The summed E-state index contributed by atoms with van der Waals surface area (Å²) in [6.45, 7) is 3.03. The number of likely N-dealkylation sites (tertiary alicyclic amines) is 1. The Labute approximate surface area is 204 Å². The molecule has 2 saturated heterocycles. The quantitative estimate of drug-likeness (QED) is 0.645. The van der Waals surface area contributed by atoms with Crippen molar-refractivity contribution in [2.75, 3.05) is 26.7 Å². The Balaban J connectivity index is 1.20. The van der Waals surface area contributed by atoms with Gasteiger partial charge in [0.2, 0.25) is 11.8 Å². The summed E-state index contributed by atoms with van der Waals surface area (Å²) in [7, 11) is 1.66. The fraction of sp³-hybridized carbons (Fsp3) is 0.444. The van der Waals surface area contributed by atoms with Crippen molar-refractivity contribution in [1.29, 1.82) is 0 Å². The average Bonchev–Trinajstić information content (AvgIpc) is 3.18. The van der Waals surface area contributed by atoms with Crippen molar-refractivity contribution in [3.63, 3.8) is 0 Å². The third-order valence-corrected chi connectivity index (χ3v) is 7.54. The number of carbonyl (C=O) groups excluding carboxylic acids is 3. The molecule has 0 saturated carbocycles. The van der Waals surface area contributed by atoms with Crippen LogP contribution < -0.4 is 10.1 Å². The summed E-state index contributed by atoms with van der Waals surface area (Å²) in [5.74, 6) is -0.499. The Morgan fingerprint density at radius 2 is 1.80 bits per heavy atom. The van der Waals surface area contributed by atoms with Crippen LogP contribution in [0.2, 0.25) is 0 Å². The number of ether oxygens (including phenoxy) is 1. The smallest absolute Gasteiger partial charge is 0.255 e. The van der Waals surface area contributed by atoms with E-state index < -0.39 is 11.9 Å². The van der Waals surface area contributed by atoms with Crippen LogP contribution in [0.4, 0.5) is 4.39 Å². The second kappa shape index (κ2) is 9.77. The molecule has 0 aliphatic carbocycles. The van der Waals surface area contributed by atoms with Crippen LogP contribution in [0, 0.1) is 5.82 Å². The second-order valence-electron chi connectivity index (χ2n) is 9.64. The standard InChI is InChI=1S/C27H30FN3O4/c1-35-20-4-2-17(3-5-20)8-11-30-12-9-18(10-13-30)21-14-19-16-31(27(34)22(19)15-23(21)28)24-6-7-25(32)29-26(24)33/h2-5,14-15,18,24H,6-13,16H2,1H3,(H,29,32,33). The highest BCUT2D eigenvalue weighted by molar-refractivity contribution is 6.05. The van der Waals surface area contributed by atoms with Crippen molar-refractivity contribution in [2.45, 2.75) is 50.6 Å². The SMILES string of the molecule is COc1ccc(CCN2CCC(c3cc4c(cc3F)C(=O)N(C3CCC(=O)NC3=O)C4)CC2)cc1. The molecular weight excluding hydrogens is 449 g/mol. The number of nitrogens with zero attached hydrogens (tertiary/aromatic N) is 2. The van der Waals surface area contributed by atoms with Gasteiger partial charge in [-0.3, -0.25) is 19.7 Å². The van der Waals surface area contributed by atoms with Gasteiger partial charge in [-0.1, -0.05) is 18.2 Å². The van der Waals surface area contributed by atoms with E-state index in [1.807, 2.05) is 18.2 Å². The van der Waals surface area contributed by atoms with Crippen molar-refractivity contribution in [3.05, 3.63) is 64.5 Å². The van der Waals surface area contributed by atoms with Gasteiger partial charge in [0.25, 0.3) is 5.91 Å². The van der Waals surface area contributed by atoms with E-state index in [4.69, 9.17) is 4.74 Å². The van der Waals surface area contributed by atoms with Crippen molar-refractivity contribution < 1.29 is 23.5 Å². The Bertz CT molecular complexity index is 1140. The molecular formula is C27H30FN3O4. The highest BCUT2D eigenvalue weighted by atomic mass is 19.1. The summed E-state index contributed by atoms with van der Waals surface area (Å²) in [5.41, 5.74) is 3.02.